The Morgan fingerprint density at radius 3 is 1.32 bits per heavy atom. The van der Waals surface area contributed by atoms with Gasteiger partial charge in [0, 0.05) is 18.6 Å². The Labute approximate surface area is 418 Å². The molecule has 5 aromatic carbocycles. The number of nitro benzene ring substituents is 4. The van der Waals surface area contributed by atoms with Gasteiger partial charge in [0.15, 0.2) is 14.4 Å². The van der Waals surface area contributed by atoms with E-state index >= 15 is 0 Å². The molecule has 0 bridgehead atoms. The number of nitrogens with zero attached hydrogens (tertiary/aromatic N) is 5. The fourth-order valence-corrected chi connectivity index (χ4v) is 5.41. The van der Waals surface area contributed by atoms with Crippen molar-refractivity contribution in [2.75, 3.05) is 7.05 Å². The zero-order chi connectivity index (χ0) is 49.3. The van der Waals surface area contributed by atoms with E-state index in [0.717, 1.165) is 28.3 Å². The summed E-state index contributed by atoms with van der Waals surface area (Å²) in [5, 5.41) is 92.0. The number of hydroxylamine groups is 2. The van der Waals surface area contributed by atoms with E-state index < -0.39 is 79.6 Å². The van der Waals surface area contributed by atoms with Crippen molar-refractivity contribution in [1.82, 2.24) is 5.06 Å². The molecule has 0 fully saturated rings. The summed E-state index contributed by atoms with van der Waals surface area (Å²) in [5.41, 5.74) is -1.73. The fourth-order valence-electron chi connectivity index (χ4n) is 5.41. The first kappa shape index (κ1) is 58.4. The van der Waals surface area contributed by atoms with E-state index in [1.54, 1.807) is 24.3 Å². The fraction of sp³-hybridized carbons (Fsp3) is 0.150. The molecule has 0 heterocycles. The summed E-state index contributed by atoms with van der Waals surface area (Å²) in [6.45, 7) is 1.93. The van der Waals surface area contributed by atoms with Crippen LogP contribution in [0.2, 0.25) is 0 Å². The maximum Gasteiger partial charge on any atom is 4.00 e. The minimum atomic E-state index is -1.45. The number of carbonyl (C=O) groups excluding carboxylic acids is 2. The number of alkyl halides is 6. The van der Waals surface area contributed by atoms with Crippen LogP contribution >= 0.6 is 69.6 Å². The summed E-state index contributed by atoms with van der Waals surface area (Å²) in [7, 11) is 1.18. The summed E-state index contributed by atoms with van der Waals surface area (Å²) < 4.78 is -1.50. The molecule has 0 aliphatic rings. The van der Waals surface area contributed by atoms with Gasteiger partial charge in [-0.3, -0.25) is 50.0 Å². The summed E-state index contributed by atoms with van der Waals surface area (Å²) >= 11 is 28.8. The molecule has 0 spiro atoms. The van der Waals surface area contributed by atoms with Crippen LogP contribution < -0.4 is 15.3 Å². The topological polar surface area (TPSA) is 302 Å². The summed E-state index contributed by atoms with van der Waals surface area (Å²) in [6.07, 6.45) is 1.15. The third-order valence-electron chi connectivity index (χ3n) is 8.22. The van der Waals surface area contributed by atoms with Crippen molar-refractivity contribution in [2.24, 2.45) is 0 Å². The Balaban J connectivity index is 0.000000566. The van der Waals surface area contributed by atoms with Gasteiger partial charge in [-0.2, -0.15) is 0 Å². The predicted octanol–water partition coefficient (Wildman–Crippen LogP) is 8.78. The number of halogens is 6. The van der Waals surface area contributed by atoms with Gasteiger partial charge in [0.25, 0.3) is 22.7 Å². The average Bonchev–Trinajstić information content (AvgIpc) is 3.21. The van der Waals surface area contributed by atoms with Crippen LogP contribution in [0.25, 0.3) is 28.0 Å². The number of benzene rings is 5. The maximum absolute atomic E-state index is 12.6. The zero-order valence-electron chi connectivity index (χ0n) is 33.6. The van der Waals surface area contributed by atoms with Crippen molar-refractivity contribution in [1.29, 1.82) is 0 Å². The second-order valence-electron chi connectivity index (χ2n) is 12.6. The molecule has 0 aliphatic carbocycles. The smallest absolute Gasteiger partial charge is 0.872 e. The molecule has 0 N–H and O–H groups in total. The number of nitro groups is 4. The predicted molar refractivity (Wildman–Crippen MR) is 240 cm³/mol. The van der Waals surface area contributed by atoms with Crippen LogP contribution in [0.4, 0.5) is 22.7 Å². The molecular weight excluding hydrogens is 1040 g/mol. The minimum Gasteiger partial charge on any atom is -0.872 e. The molecule has 0 unspecified atom stereocenters. The molecule has 66 heavy (non-hydrogen) atoms. The van der Waals surface area contributed by atoms with Crippen molar-refractivity contribution >= 4 is 110 Å². The number of rotatable bonds is 12. The van der Waals surface area contributed by atoms with Crippen molar-refractivity contribution < 1.29 is 66.3 Å². The van der Waals surface area contributed by atoms with Crippen LogP contribution in [0, 0.1) is 52.6 Å². The number of likely N-dealkylation sites (N-methyl/N-ethyl adjacent to an activating group) is 1. The molecule has 0 atom stereocenters. The largest absolute Gasteiger partial charge is 4.00 e. The van der Waals surface area contributed by atoms with E-state index in [1.807, 2.05) is 55.5 Å². The van der Waals surface area contributed by atoms with Crippen molar-refractivity contribution in [3.05, 3.63) is 171 Å². The van der Waals surface area contributed by atoms with Gasteiger partial charge in [0.05, 0.1) is 38.2 Å². The van der Waals surface area contributed by atoms with E-state index in [4.69, 9.17) is 69.6 Å². The quantitative estimate of drug-likeness (QED) is 0.0282. The number of amides is 1. The van der Waals surface area contributed by atoms with Gasteiger partial charge in [0.2, 0.25) is 5.91 Å². The zero-order valence-corrected chi connectivity index (χ0v) is 39.7. The minimum absolute atomic E-state index is 0. The molecule has 0 radical (unpaired) electrons. The van der Waals surface area contributed by atoms with E-state index in [9.17, 15) is 70.6 Å². The van der Waals surface area contributed by atoms with Crippen molar-refractivity contribution in [3.8, 4) is 33.8 Å². The van der Waals surface area contributed by atoms with Gasteiger partial charge in [-0.05, 0) is 70.5 Å². The van der Waals surface area contributed by atoms with Crippen LogP contribution in [0.3, 0.4) is 0 Å². The number of hydrogen-bond acceptors (Lipinski definition) is 14. The standard InChI is InChI=1S/C26H24NO4.C12H6N4O10.2CHCl3.Ti/c1-18-11-13-19(14-12-18)25(29)17-22(28)15-20-7-3-5-9-23(20)24-10-6-4-8-21(24)16-26(30)27(2)31;17-11-7(1-5(13(19)20)3-9(11)15(23)24)8-2-6(14(21)22)4-10(12(8)18)16(25)26;2*2-1(3)4;/h3-14,17,29H,15-16H2,1-2H3;1-4,17-18H;2*1H;/q-1;;;;+4/p-3/b25-17-;;;;. The van der Waals surface area contributed by atoms with Crippen LogP contribution in [0.15, 0.2) is 103 Å². The Morgan fingerprint density at radius 2 is 0.970 bits per heavy atom. The van der Waals surface area contributed by atoms with Crippen LogP contribution in [-0.4, -0.2) is 52.1 Å². The molecule has 5 rings (SSSR count). The molecule has 5 aromatic rings. The first-order valence-electron chi connectivity index (χ1n) is 17.6. The Bertz CT molecular complexity index is 2500. The molecule has 19 nitrogen and oxygen atoms in total. The van der Waals surface area contributed by atoms with Crippen LogP contribution in [0.5, 0.6) is 11.5 Å². The Hall–Kier alpha value is -5.61. The van der Waals surface area contributed by atoms with E-state index in [-0.39, 0.29) is 46.1 Å². The van der Waals surface area contributed by atoms with E-state index in [2.05, 4.69) is 0 Å². The van der Waals surface area contributed by atoms with Gasteiger partial charge in [-0.1, -0.05) is 154 Å². The van der Waals surface area contributed by atoms with Gasteiger partial charge in [0.1, 0.15) is 0 Å². The van der Waals surface area contributed by atoms with Crippen LogP contribution in [-0.2, 0) is 44.1 Å². The van der Waals surface area contributed by atoms with Gasteiger partial charge in [-0.25, -0.2) is 0 Å². The average molecular weight is 1060 g/mol. The van der Waals surface area contributed by atoms with E-state index in [0.29, 0.717) is 40.5 Å². The monoisotopic (exact) mass is 1060 g/mol. The first-order chi connectivity index (χ1) is 30.3. The molecule has 0 aromatic heterocycles. The summed E-state index contributed by atoms with van der Waals surface area (Å²) in [4.78, 5) is 63.5. The SMILES string of the molecule is Cc1ccc(/C([O-])=C/C(=O)Cc2ccccc2-c2ccccc2CC(=O)N(C)[O-])cc1.ClC(Cl)Cl.ClC(Cl)Cl.O=[N+]([O-])c1cc(-c2cc([N+](=O)[O-])cc([N+](=O)[O-])c2[O-])c([O-])c([N+](=O)[O-])c1.[Ti+4]. The Kier molecular flexibility index (Phi) is 24.6. The Morgan fingerprint density at radius 1 is 0.606 bits per heavy atom. The van der Waals surface area contributed by atoms with Gasteiger partial charge < -0.3 is 25.6 Å². The van der Waals surface area contributed by atoms with E-state index in [1.165, 1.54) is 7.05 Å². The third kappa shape index (κ3) is 18.3. The summed E-state index contributed by atoms with van der Waals surface area (Å²) in [6, 6.07) is 23.4. The molecular formula is C40H29Cl6N5O14Ti. The second kappa shape index (κ2) is 27.8. The molecule has 0 saturated heterocycles. The number of carbonyl (C=O) groups is 2. The number of allylic oxidation sites excluding steroid dienone is 1. The number of hydrogen-bond donors (Lipinski definition) is 0. The molecule has 0 aliphatic heterocycles. The maximum atomic E-state index is 12.6. The van der Waals surface area contributed by atoms with Gasteiger partial charge in [-0.15, -0.1) is 0 Å². The molecule has 26 heteroatoms. The third-order valence-corrected chi connectivity index (χ3v) is 8.22. The normalized spacial score (nSPS) is 10.4. The molecule has 344 valence electrons. The number of aryl methyl sites for hydroxylation is 1. The van der Waals surface area contributed by atoms with Gasteiger partial charge >= 0.3 is 21.7 Å². The molecule has 0 saturated carbocycles. The summed E-state index contributed by atoms with van der Waals surface area (Å²) in [5.74, 6) is -4.07. The van der Waals surface area contributed by atoms with Crippen molar-refractivity contribution in [2.45, 2.75) is 28.4 Å². The first-order valence-corrected chi connectivity index (χ1v) is 20.2. The van der Waals surface area contributed by atoms with Crippen molar-refractivity contribution in [3.63, 3.8) is 0 Å². The number of ketones is 1. The number of non-ortho nitro benzene ring substituents is 2. The van der Waals surface area contributed by atoms with Crippen LogP contribution in [0.1, 0.15) is 22.3 Å². The molecule has 1 amide bonds. The second-order valence-corrected chi connectivity index (χ2v) is 16.6.